The van der Waals surface area contributed by atoms with E-state index in [9.17, 15) is 19.2 Å². The highest BCUT2D eigenvalue weighted by Crippen LogP contribution is 2.29. The molecule has 33 heavy (non-hydrogen) atoms. The number of anilines is 1. The van der Waals surface area contributed by atoms with Crippen LogP contribution in [-0.4, -0.2) is 31.0 Å². The third-order valence-electron chi connectivity index (χ3n) is 5.19. The Morgan fingerprint density at radius 2 is 1.97 bits per heavy atom. The van der Waals surface area contributed by atoms with Gasteiger partial charge in [0.25, 0.3) is 5.56 Å². The Kier molecular flexibility index (Phi) is 6.92. The van der Waals surface area contributed by atoms with Crippen molar-refractivity contribution in [3.63, 3.8) is 0 Å². The van der Waals surface area contributed by atoms with E-state index < -0.39 is 22.6 Å². The van der Waals surface area contributed by atoms with Crippen molar-refractivity contribution in [2.45, 2.75) is 60.6 Å². The number of hydrogen-bond acceptors (Lipinski definition) is 7. The fraction of sp³-hybridized carbons (Fsp3) is 0.500. The molecule has 0 saturated carbocycles. The molecule has 0 aliphatic rings. The highest BCUT2D eigenvalue weighted by atomic mass is 32.1. The van der Waals surface area contributed by atoms with E-state index in [0.29, 0.717) is 27.8 Å². The summed E-state index contributed by atoms with van der Waals surface area (Å²) < 4.78 is 8.41. The SMILES string of the molecule is CCCCn1c(=O)[nH]c(=O)c2c1nc(COC(=O)c1sc(NC(=O)C(C)(C)C)cc1C)n2C. The molecule has 0 aliphatic carbocycles. The molecule has 3 aromatic heterocycles. The number of esters is 1. The van der Waals surface area contributed by atoms with Crippen molar-refractivity contribution < 1.29 is 14.3 Å². The highest BCUT2D eigenvalue weighted by Gasteiger charge is 2.24. The summed E-state index contributed by atoms with van der Waals surface area (Å²) >= 11 is 1.14. The number of imidazole rings is 1. The van der Waals surface area contributed by atoms with Gasteiger partial charge in [0, 0.05) is 19.0 Å². The van der Waals surface area contributed by atoms with Crippen molar-refractivity contribution in [1.82, 2.24) is 19.1 Å². The third-order valence-corrected chi connectivity index (χ3v) is 6.33. The van der Waals surface area contributed by atoms with Crippen LogP contribution < -0.4 is 16.6 Å². The van der Waals surface area contributed by atoms with Crippen molar-refractivity contribution in [2.24, 2.45) is 12.5 Å². The molecule has 0 atom stereocenters. The quantitative estimate of drug-likeness (QED) is 0.506. The van der Waals surface area contributed by atoms with Gasteiger partial charge in [-0.05, 0) is 25.0 Å². The minimum atomic E-state index is -0.561. The number of fused-ring (bicyclic) bond motifs is 1. The molecule has 0 fully saturated rings. The molecule has 1 amide bonds. The zero-order valence-corrected chi connectivity index (χ0v) is 20.5. The first-order chi connectivity index (χ1) is 15.4. The monoisotopic (exact) mass is 475 g/mol. The number of aromatic amines is 1. The standard InChI is InChI=1S/C22H29N5O5S/c1-7-8-9-27-17-15(18(28)25-21(27)31)26(6)13(23-17)11-32-19(29)16-12(2)10-14(33-16)24-20(30)22(3,4)5/h10H,7-9,11H2,1-6H3,(H,24,30)(H,25,28,31). The number of rotatable bonds is 7. The van der Waals surface area contributed by atoms with Gasteiger partial charge in [-0.3, -0.25) is 19.1 Å². The van der Waals surface area contributed by atoms with Crippen LogP contribution in [0.1, 0.15) is 61.6 Å². The first-order valence-corrected chi connectivity index (χ1v) is 11.5. The molecule has 0 saturated heterocycles. The lowest BCUT2D eigenvalue weighted by Gasteiger charge is -2.16. The molecule has 0 bridgehead atoms. The van der Waals surface area contributed by atoms with E-state index >= 15 is 0 Å². The van der Waals surface area contributed by atoms with Crippen LogP contribution in [0.25, 0.3) is 11.2 Å². The second kappa shape index (κ2) is 9.34. The lowest BCUT2D eigenvalue weighted by molar-refractivity contribution is -0.123. The lowest BCUT2D eigenvalue weighted by Crippen LogP contribution is -2.31. The first-order valence-electron chi connectivity index (χ1n) is 10.7. The number of carbonyl (C=O) groups excluding carboxylic acids is 2. The molecule has 10 nitrogen and oxygen atoms in total. The Morgan fingerprint density at radius 3 is 2.61 bits per heavy atom. The fourth-order valence-corrected chi connectivity index (χ4v) is 4.15. The Bertz CT molecular complexity index is 1320. The number of nitrogens with one attached hydrogen (secondary N) is 2. The lowest BCUT2D eigenvalue weighted by atomic mass is 9.96. The first kappa shape index (κ1) is 24.4. The van der Waals surface area contributed by atoms with E-state index in [0.717, 1.165) is 24.2 Å². The van der Waals surface area contributed by atoms with E-state index in [1.165, 1.54) is 9.13 Å². The number of carbonyl (C=O) groups is 2. The molecule has 11 heteroatoms. The van der Waals surface area contributed by atoms with E-state index in [2.05, 4.69) is 15.3 Å². The van der Waals surface area contributed by atoms with Crippen LogP contribution in [0.15, 0.2) is 15.7 Å². The molecule has 0 spiro atoms. The Morgan fingerprint density at radius 1 is 1.27 bits per heavy atom. The summed E-state index contributed by atoms with van der Waals surface area (Å²) in [6.45, 7) is 9.44. The van der Waals surface area contributed by atoms with Crippen LogP contribution in [0.2, 0.25) is 0 Å². The van der Waals surface area contributed by atoms with Gasteiger partial charge in [-0.15, -0.1) is 11.3 Å². The number of aromatic nitrogens is 4. The molecular weight excluding hydrogens is 446 g/mol. The summed E-state index contributed by atoms with van der Waals surface area (Å²) in [6.07, 6.45) is 1.64. The summed E-state index contributed by atoms with van der Waals surface area (Å²) in [7, 11) is 1.64. The summed E-state index contributed by atoms with van der Waals surface area (Å²) in [4.78, 5) is 56.6. The summed E-state index contributed by atoms with van der Waals surface area (Å²) in [6, 6.07) is 1.73. The van der Waals surface area contributed by atoms with Crippen LogP contribution in [0.5, 0.6) is 0 Å². The minimum Gasteiger partial charge on any atom is -0.453 e. The van der Waals surface area contributed by atoms with Crippen LogP contribution in [0, 0.1) is 12.3 Å². The molecule has 3 rings (SSSR count). The molecular formula is C22H29N5O5S. The van der Waals surface area contributed by atoms with Crippen molar-refractivity contribution in [1.29, 1.82) is 0 Å². The number of aryl methyl sites for hydroxylation is 3. The minimum absolute atomic E-state index is 0.150. The average molecular weight is 476 g/mol. The molecule has 0 aromatic carbocycles. The van der Waals surface area contributed by atoms with Crippen LogP contribution in [0.4, 0.5) is 5.00 Å². The van der Waals surface area contributed by atoms with Crippen molar-refractivity contribution in [2.75, 3.05) is 5.32 Å². The molecule has 2 N–H and O–H groups in total. The van der Waals surface area contributed by atoms with Crippen molar-refractivity contribution >= 4 is 39.4 Å². The number of amides is 1. The molecule has 3 heterocycles. The van der Waals surface area contributed by atoms with E-state index in [-0.39, 0.29) is 23.7 Å². The number of thiophene rings is 1. The van der Waals surface area contributed by atoms with Gasteiger partial charge in [0.15, 0.2) is 11.2 Å². The van der Waals surface area contributed by atoms with Gasteiger partial charge in [0.2, 0.25) is 5.91 Å². The predicted molar refractivity (Wildman–Crippen MR) is 127 cm³/mol. The zero-order valence-electron chi connectivity index (χ0n) is 19.7. The number of unbranched alkanes of at least 4 members (excludes halogenated alkanes) is 1. The smallest absolute Gasteiger partial charge is 0.349 e. The second-order valence-electron chi connectivity index (χ2n) is 8.93. The summed E-state index contributed by atoms with van der Waals surface area (Å²) in [5.74, 6) is -0.365. The van der Waals surface area contributed by atoms with E-state index in [4.69, 9.17) is 4.74 Å². The normalized spacial score (nSPS) is 11.7. The third kappa shape index (κ3) is 5.08. The van der Waals surface area contributed by atoms with Gasteiger partial charge in [-0.2, -0.15) is 0 Å². The van der Waals surface area contributed by atoms with Crippen LogP contribution in [0.3, 0.4) is 0 Å². The Balaban J connectivity index is 1.82. The molecule has 0 radical (unpaired) electrons. The molecule has 0 unspecified atom stereocenters. The number of ether oxygens (including phenoxy) is 1. The van der Waals surface area contributed by atoms with Crippen molar-refractivity contribution in [3.8, 4) is 0 Å². The second-order valence-corrected chi connectivity index (χ2v) is 9.98. The van der Waals surface area contributed by atoms with Gasteiger partial charge in [-0.25, -0.2) is 14.6 Å². The van der Waals surface area contributed by atoms with Crippen molar-refractivity contribution in [3.05, 3.63) is 43.2 Å². The summed E-state index contributed by atoms with van der Waals surface area (Å²) in [5.41, 5.74) is -0.412. The van der Waals surface area contributed by atoms with Gasteiger partial charge >= 0.3 is 11.7 Å². The largest absolute Gasteiger partial charge is 0.453 e. The number of nitrogens with zero attached hydrogens (tertiary/aromatic N) is 3. The zero-order chi connectivity index (χ0) is 24.5. The van der Waals surface area contributed by atoms with Crippen LogP contribution >= 0.6 is 11.3 Å². The van der Waals surface area contributed by atoms with Gasteiger partial charge in [0.05, 0.1) is 5.00 Å². The van der Waals surface area contributed by atoms with Gasteiger partial charge < -0.3 is 14.6 Å². The van der Waals surface area contributed by atoms with E-state index in [1.807, 2.05) is 27.7 Å². The Labute approximate surface area is 194 Å². The molecule has 0 aliphatic heterocycles. The molecule has 3 aromatic rings. The maximum atomic E-state index is 12.7. The van der Waals surface area contributed by atoms with E-state index in [1.54, 1.807) is 20.0 Å². The topological polar surface area (TPSA) is 128 Å². The maximum Gasteiger partial charge on any atom is 0.349 e. The van der Waals surface area contributed by atoms with Gasteiger partial charge in [-0.1, -0.05) is 34.1 Å². The average Bonchev–Trinajstić information content (AvgIpc) is 3.25. The summed E-state index contributed by atoms with van der Waals surface area (Å²) in [5, 5.41) is 3.38. The highest BCUT2D eigenvalue weighted by molar-refractivity contribution is 7.18. The maximum absolute atomic E-state index is 12.7. The van der Waals surface area contributed by atoms with Gasteiger partial charge in [0.1, 0.15) is 17.3 Å². The predicted octanol–water partition coefficient (Wildman–Crippen LogP) is 2.93. The fourth-order valence-electron chi connectivity index (χ4n) is 3.19. The Hall–Kier alpha value is -3.21. The van der Waals surface area contributed by atoms with Crippen LogP contribution in [-0.2, 0) is 29.7 Å². The number of H-pyrrole nitrogens is 1. The molecule has 178 valence electrons. The number of hydrogen-bond donors (Lipinski definition) is 2.